The summed E-state index contributed by atoms with van der Waals surface area (Å²) in [7, 11) is 1.58. The molecule has 0 aliphatic heterocycles. The molecule has 2 amide bonds. The first-order valence-electron chi connectivity index (χ1n) is 9.87. The first-order chi connectivity index (χ1) is 15.0. The zero-order valence-electron chi connectivity index (χ0n) is 17.4. The van der Waals surface area contributed by atoms with Crippen LogP contribution in [0.25, 0.3) is 10.9 Å². The molecule has 0 bridgehead atoms. The molecule has 9 heteroatoms. The lowest BCUT2D eigenvalue weighted by molar-refractivity contribution is 0.0526. The third-order valence-electron chi connectivity index (χ3n) is 4.49. The number of carbonyl (C=O) groups is 2. The van der Waals surface area contributed by atoms with Gasteiger partial charge < -0.3 is 14.8 Å². The van der Waals surface area contributed by atoms with Gasteiger partial charge in [0.25, 0.3) is 0 Å². The number of esters is 1. The van der Waals surface area contributed by atoms with E-state index in [0.717, 1.165) is 0 Å². The monoisotopic (exact) mass is 424 g/mol. The number of rotatable bonds is 8. The maximum absolute atomic E-state index is 12.7. The maximum Gasteiger partial charge on any atom is 0.349 e. The fraction of sp³-hybridized carbons (Fsp3) is 0.273. The van der Waals surface area contributed by atoms with E-state index in [9.17, 15) is 14.4 Å². The maximum atomic E-state index is 12.7. The summed E-state index contributed by atoms with van der Waals surface area (Å²) in [6.45, 7) is 2.83. The minimum atomic E-state index is -0.528. The number of ether oxygens (including phenoxy) is 2. The quantitative estimate of drug-likeness (QED) is 0.424. The highest BCUT2D eigenvalue weighted by atomic mass is 16.5. The summed E-state index contributed by atoms with van der Waals surface area (Å²) in [5.41, 5.74) is 0.908. The molecule has 1 aromatic heterocycles. The Morgan fingerprint density at radius 3 is 2.52 bits per heavy atom. The van der Waals surface area contributed by atoms with Crippen LogP contribution in [-0.4, -0.2) is 41.9 Å². The van der Waals surface area contributed by atoms with Gasteiger partial charge in [0.2, 0.25) is 0 Å². The van der Waals surface area contributed by atoms with E-state index in [1.807, 2.05) is 6.07 Å². The molecule has 0 saturated carbocycles. The predicted molar refractivity (Wildman–Crippen MR) is 118 cm³/mol. The molecule has 0 aliphatic rings. The van der Waals surface area contributed by atoms with Gasteiger partial charge in [0.05, 0.1) is 17.7 Å². The topological polar surface area (TPSA) is 112 Å². The van der Waals surface area contributed by atoms with Crippen molar-refractivity contribution < 1.29 is 19.1 Å². The number of nitrogens with one attached hydrogen (secondary N) is 2. The molecular weight excluding hydrogens is 400 g/mol. The standard InChI is InChI=1S/C22H24N4O5/c1-3-31-20(27)15-9-11-16(12-10-15)23-21(28)25-19-17-7-4-5-8-18(17)24-22(29)26(19)13-6-14-30-2/h4-5,7-12H,3,6,13-14H2,1-2H3,(H2,23,25,28). The molecular formula is C22H24N4O5. The zero-order valence-corrected chi connectivity index (χ0v) is 17.4. The van der Waals surface area contributed by atoms with Crippen molar-refractivity contribution in [1.82, 2.24) is 9.55 Å². The van der Waals surface area contributed by atoms with E-state index in [0.29, 0.717) is 47.5 Å². The van der Waals surface area contributed by atoms with Gasteiger partial charge in [0.15, 0.2) is 0 Å². The summed E-state index contributed by atoms with van der Waals surface area (Å²) in [4.78, 5) is 41.1. The normalized spacial score (nSPS) is 10.6. The Kier molecular flexibility index (Phi) is 7.34. The lowest BCUT2D eigenvalue weighted by Gasteiger charge is -2.16. The van der Waals surface area contributed by atoms with Crippen LogP contribution in [0, 0.1) is 0 Å². The summed E-state index contributed by atoms with van der Waals surface area (Å²) < 4.78 is 11.4. The first kappa shape index (κ1) is 22.0. The van der Waals surface area contributed by atoms with Crippen LogP contribution in [0.15, 0.2) is 53.3 Å². The van der Waals surface area contributed by atoms with Crippen molar-refractivity contribution in [2.45, 2.75) is 19.9 Å². The van der Waals surface area contributed by atoms with Crippen molar-refractivity contribution in [3.8, 4) is 0 Å². The summed E-state index contributed by atoms with van der Waals surface area (Å²) in [5, 5.41) is 6.12. The zero-order chi connectivity index (χ0) is 22.2. The van der Waals surface area contributed by atoms with Gasteiger partial charge in [-0.3, -0.25) is 9.88 Å². The SMILES string of the molecule is CCOC(=O)c1ccc(NC(=O)Nc2c3ccccc3nc(=O)n2CCCOC)cc1. The molecule has 3 rings (SSSR count). The van der Waals surface area contributed by atoms with E-state index in [4.69, 9.17) is 9.47 Å². The van der Waals surface area contributed by atoms with Gasteiger partial charge >= 0.3 is 17.7 Å². The third kappa shape index (κ3) is 5.46. The number of anilines is 2. The Hall–Kier alpha value is -3.72. The van der Waals surface area contributed by atoms with Gasteiger partial charge in [-0.1, -0.05) is 12.1 Å². The van der Waals surface area contributed by atoms with Gasteiger partial charge in [-0.25, -0.2) is 14.4 Å². The first-order valence-corrected chi connectivity index (χ1v) is 9.87. The van der Waals surface area contributed by atoms with E-state index in [1.165, 1.54) is 4.57 Å². The van der Waals surface area contributed by atoms with Gasteiger partial charge in [0.1, 0.15) is 5.82 Å². The molecule has 1 heterocycles. The predicted octanol–water partition coefficient (Wildman–Crippen LogP) is 3.25. The lowest BCUT2D eigenvalue weighted by Crippen LogP contribution is -2.30. The summed E-state index contributed by atoms with van der Waals surface area (Å²) in [5.74, 6) is -0.0748. The van der Waals surface area contributed by atoms with E-state index in [2.05, 4.69) is 15.6 Å². The molecule has 0 atom stereocenters. The molecule has 0 aliphatic carbocycles. The summed E-state index contributed by atoms with van der Waals surface area (Å²) in [6.07, 6.45) is 0.585. The number of aromatic nitrogens is 2. The highest BCUT2D eigenvalue weighted by Crippen LogP contribution is 2.21. The smallest absolute Gasteiger partial charge is 0.349 e. The average Bonchev–Trinajstić information content (AvgIpc) is 2.76. The van der Waals surface area contributed by atoms with Crippen molar-refractivity contribution in [1.29, 1.82) is 0 Å². The van der Waals surface area contributed by atoms with E-state index in [1.54, 1.807) is 56.5 Å². The molecule has 0 fully saturated rings. The van der Waals surface area contributed by atoms with Crippen LogP contribution >= 0.6 is 0 Å². The molecule has 2 aromatic carbocycles. The summed E-state index contributed by atoms with van der Waals surface area (Å²) >= 11 is 0. The molecule has 9 nitrogen and oxygen atoms in total. The van der Waals surface area contributed by atoms with E-state index >= 15 is 0 Å². The molecule has 162 valence electrons. The fourth-order valence-corrected chi connectivity index (χ4v) is 3.06. The van der Waals surface area contributed by atoms with Crippen molar-refractivity contribution >= 4 is 34.4 Å². The van der Waals surface area contributed by atoms with Crippen LogP contribution < -0.4 is 16.3 Å². The number of methoxy groups -OCH3 is 1. The molecule has 31 heavy (non-hydrogen) atoms. The number of hydrogen-bond acceptors (Lipinski definition) is 6. The third-order valence-corrected chi connectivity index (χ3v) is 4.49. The van der Waals surface area contributed by atoms with Crippen LogP contribution in [0.3, 0.4) is 0 Å². The van der Waals surface area contributed by atoms with Crippen LogP contribution in [0.1, 0.15) is 23.7 Å². The minimum absolute atomic E-state index is 0.285. The molecule has 0 radical (unpaired) electrons. The van der Waals surface area contributed by atoms with E-state index in [-0.39, 0.29) is 6.61 Å². The van der Waals surface area contributed by atoms with Crippen LogP contribution in [0.2, 0.25) is 0 Å². The van der Waals surface area contributed by atoms with Gasteiger partial charge in [0, 0.05) is 31.3 Å². The highest BCUT2D eigenvalue weighted by Gasteiger charge is 2.14. The lowest BCUT2D eigenvalue weighted by atomic mass is 10.2. The minimum Gasteiger partial charge on any atom is -0.462 e. The molecule has 2 N–H and O–H groups in total. The van der Waals surface area contributed by atoms with Crippen LogP contribution in [0.5, 0.6) is 0 Å². The Bertz CT molecular complexity index is 1120. The number of carbonyl (C=O) groups excluding carboxylic acids is 2. The van der Waals surface area contributed by atoms with Crippen molar-refractivity contribution in [2.24, 2.45) is 0 Å². The van der Waals surface area contributed by atoms with Gasteiger partial charge in [-0.05, 0) is 49.7 Å². The van der Waals surface area contributed by atoms with Crippen LogP contribution in [-0.2, 0) is 16.0 Å². The van der Waals surface area contributed by atoms with Crippen LogP contribution in [0.4, 0.5) is 16.3 Å². The molecule has 0 unspecified atom stereocenters. The second-order valence-electron chi connectivity index (χ2n) is 6.64. The van der Waals surface area contributed by atoms with Crippen molar-refractivity contribution in [3.05, 3.63) is 64.6 Å². The fourth-order valence-electron chi connectivity index (χ4n) is 3.06. The summed E-state index contributed by atoms with van der Waals surface area (Å²) in [6, 6.07) is 12.9. The number of benzene rings is 2. The number of hydrogen-bond donors (Lipinski definition) is 2. The Morgan fingerprint density at radius 1 is 1.06 bits per heavy atom. The average molecular weight is 424 g/mol. The Morgan fingerprint density at radius 2 is 1.81 bits per heavy atom. The molecule has 3 aromatic rings. The van der Waals surface area contributed by atoms with E-state index < -0.39 is 17.7 Å². The number of nitrogens with zero attached hydrogens (tertiary/aromatic N) is 2. The molecule has 0 spiro atoms. The second-order valence-corrected chi connectivity index (χ2v) is 6.64. The van der Waals surface area contributed by atoms with Crippen molar-refractivity contribution in [2.75, 3.05) is 31.0 Å². The largest absolute Gasteiger partial charge is 0.462 e. The number of amides is 2. The van der Waals surface area contributed by atoms with Gasteiger partial charge in [-0.2, -0.15) is 4.98 Å². The Labute approximate surface area is 179 Å². The Balaban J connectivity index is 1.83. The van der Waals surface area contributed by atoms with Crippen molar-refractivity contribution in [3.63, 3.8) is 0 Å². The second kappa shape index (κ2) is 10.4. The number of fused-ring (bicyclic) bond motifs is 1. The highest BCUT2D eigenvalue weighted by molar-refractivity contribution is 6.04. The number of para-hydroxylation sites is 1. The number of urea groups is 1. The van der Waals surface area contributed by atoms with Gasteiger partial charge in [-0.15, -0.1) is 0 Å². The molecule has 0 saturated heterocycles.